The summed E-state index contributed by atoms with van der Waals surface area (Å²) in [7, 11) is -1.11. The van der Waals surface area contributed by atoms with Crippen LogP contribution >= 0.6 is 0 Å². The molecule has 0 bridgehead atoms. The van der Waals surface area contributed by atoms with Crippen molar-refractivity contribution in [2.45, 2.75) is 18.6 Å². The Morgan fingerprint density at radius 2 is 2.15 bits per heavy atom. The van der Waals surface area contributed by atoms with Gasteiger partial charge in [0.1, 0.15) is 5.82 Å². The molecule has 0 spiro atoms. The fourth-order valence-electron chi connectivity index (χ4n) is 3.56. The van der Waals surface area contributed by atoms with Crippen molar-refractivity contribution in [1.29, 1.82) is 0 Å². The van der Waals surface area contributed by atoms with Crippen molar-refractivity contribution in [3.8, 4) is 0 Å². The zero-order valence-electron chi connectivity index (χ0n) is 14.5. The molecule has 2 aromatic rings. The van der Waals surface area contributed by atoms with Gasteiger partial charge in [0.2, 0.25) is 5.95 Å². The maximum absolute atomic E-state index is 12.0. The van der Waals surface area contributed by atoms with E-state index in [1.165, 1.54) is 0 Å². The molecule has 0 radical (unpaired) electrons. The molecule has 2 aliphatic rings. The molecule has 4 heterocycles. The van der Waals surface area contributed by atoms with Gasteiger partial charge in [-0.1, -0.05) is 0 Å². The Balaban J connectivity index is 1.55. The number of nitrogens with zero attached hydrogens (tertiary/aromatic N) is 6. The summed E-state index contributed by atoms with van der Waals surface area (Å²) in [5.41, 5.74) is 0.827. The van der Waals surface area contributed by atoms with Crippen molar-refractivity contribution in [2.75, 3.05) is 41.4 Å². The summed E-state index contributed by atoms with van der Waals surface area (Å²) >= 11 is 0. The fraction of sp³-hybridized carbons (Fsp3) is 0.500. The van der Waals surface area contributed by atoms with E-state index in [1.807, 2.05) is 18.0 Å². The van der Waals surface area contributed by atoms with E-state index in [0.717, 1.165) is 24.6 Å². The molecular formula is C16H21N7O2S. The van der Waals surface area contributed by atoms with Crippen molar-refractivity contribution in [2.24, 2.45) is 0 Å². The van der Waals surface area contributed by atoms with Crippen LogP contribution in [0.3, 0.4) is 0 Å². The topological polar surface area (TPSA) is 104 Å². The van der Waals surface area contributed by atoms with Crippen molar-refractivity contribution in [1.82, 2.24) is 25.3 Å². The number of aromatic nitrogens is 4. The van der Waals surface area contributed by atoms with Gasteiger partial charge in [-0.25, -0.2) is 13.4 Å². The number of hydrogen-bond donors (Lipinski definition) is 1. The van der Waals surface area contributed by atoms with Crippen molar-refractivity contribution in [3.05, 3.63) is 36.5 Å². The fourth-order valence-corrected chi connectivity index (χ4v) is 5.52. The second-order valence-corrected chi connectivity index (χ2v) is 8.82. The van der Waals surface area contributed by atoms with E-state index in [9.17, 15) is 8.42 Å². The lowest BCUT2D eigenvalue weighted by Gasteiger charge is -2.38. The van der Waals surface area contributed by atoms with Gasteiger partial charge in [-0.05, 0) is 6.07 Å². The lowest BCUT2D eigenvalue weighted by Crippen LogP contribution is -2.57. The summed E-state index contributed by atoms with van der Waals surface area (Å²) in [6, 6.07) is 1.72. The molecule has 2 atom stereocenters. The van der Waals surface area contributed by atoms with Crippen LogP contribution < -0.4 is 15.1 Å². The van der Waals surface area contributed by atoms with E-state index >= 15 is 0 Å². The van der Waals surface area contributed by atoms with Crippen LogP contribution in [-0.2, 0) is 16.4 Å². The smallest absolute Gasteiger partial charge is 0.227 e. The molecule has 2 saturated heterocycles. The Kier molecular flexibility index (Phi) is 4.45. The molecule has 138 valence electrons. The Morgan fingerprint density at radius 3 is 2.96 bits per heavy atom. The monoisotopic (exact) mass is 375 g/mol. The van der Waals surface area contributed by atoms with Crippen molar-refractivity contribution in [3.63, 3.8) is 0 Å². The summed E-state index contributed by atoms with van der Waals surface area (Å²) in [6.07, 6.45) is 6.72. The zero-order valence-corrected chi connectivity index (χ0v) is 15.3. The summed E-state index contributed by atoms with van der Waals surface area (Å²) in [5, 5.41) is 3.32. The highest BCUT2D eigenvalue weighted by Crippen LogP contribution is 2.26. The second-order valence-electron chi connectivity index (χ2n) is 6.67. The molecule has 0 aliphatic carbocycles. The van der Waals surface area contributed by atoms with E-state index in [0.29, 0.717) is 12.5 Å². The normalized spacial score (nSPS) is 24.3. The van der Waals surface area contributed by atoms with Crippen LogP contribution in [0.5, 0.6) is 0 Å². The number of nitrogens with one attached hydrogen (secondary N) is 1. The number of fused-ring (bicyclic) bond motifs is 1. The molecule has 0 saturated carbocycles. The van der Waals surface area contributed by atoms with Crippen LogP contribution in [0, 0.1) is 0 Å². The minimum atomic E-state index is -3.01. The highest BCUT2D eigenvalue weighted by molar-refractivity contribution is 7.91. The highest BCUT2D eigenvalue weighted by atomic mass is 32.2. The predicted octanol–water partition coefficient (Wildman–Crippen LogP) is -0.522. The number of piperazine rings is 1. The van der Waals surface area contributed by atoms with Gasteiger partial charge in [-0.3, -0.25) is 9.97 Å². The van der Waals surface area contributed by atoms with E-state index < -0.39 is 9.84 Å². The standard InChI is InChI=1S/C16H21N7O2S/c1-22(9-12-8-17-4-5-18-12)16-20-3-2-15(21-16)23-7-6-19-13-10-26(24,25)11-14(13)23/h2-5,8,13-14,19H,6-7,9-11H2,1H3/t13-,14+/m0/s1. The van der Waals surface area contributed by atoms with Crippen LogP contribution in [0.25, 0.3) is 0 Å². The average Bonchev–Trinajstić information content (AvgIpc) is 2.96. The predicted molar refractivity (Wildman–Crippen MR) is 97.7 cm³/mol. The molecule has 10 heteroatoms. The average molecular weight is 375 g/mol. The number of rotatable bonds is 4. The number of anilines is 2. The Morgan fingerprint density at radius 1 is 1.27 bits per heavy atom. The maximum atomic E-state index is 12.0. The minimum absolute atomic E-state index is 0.0375. The molecule has 9 nitrogen and oxygen atoms in total. The van der Waals surface area contributed by atoms with Crippen LogP contribution in [0.2, 0.25) is 0 Å². The Labute approximate surface area is 152 Å². The summed E-state index contributed by atoms with van der Waals surface area (Å²) in [4.78, 5) is 21.4. The van der Waals surface area contributed by atoms with Crippen LogP contribution in [0.15, 0.2) is 30.9 Å². The first kappa shape index (κ1) is 17.1. The van der Waals surface area contributed by atoms with Gasteiger partial charge in [-0.15, -0.1) is 0 Å². The highest BCUT2D eigenvalue weighted by Gasteiger charge is 2.43. The van der Waals surface area contributed by atoms with Crippen LogP contribution in [-0.4, -0.2) is 72.1 Å². The second kappa shape index (κ2) is 6.76. The van der Waals surface area contributed by atoms with Crippen molar-refractivity contribution < 1.29 is 8.42 Å². The molecule has 2 aliphatic heterocycles. The van der Waals surface area contributed by atoms with Gasteiger partial charge >= 0.3 is 0 Å². The minimum Gasteiger partial charge on any atom is -0.350 e. The lowest BCUT2D eigenvalue weighted by atomic mass is 10.1. The van der Waals surface area contributed by atoms with E-state index in [1.54, 1.807) is 24.8 Å². The summed E-state index contributed by atoms with van der Waals surface area (Å²) in [5.74, 6) is 1.69. The zero-order chi connectivity index (χ0) is 18.1. The molecule has 26 heavy (non-hydrogen) atoms. The molecule has 4 rings (SSSR count). The molecular weight excluding hydrogens is 354 g/mol. The molecule has 0 amide bonds. The van der Waals surface area contributed by atoms with Crippen LogP contribution in [0.1, 0.15) is 5.69 Å². The number of hydrogen-bond acceptors (Lipinski definition) is 9. The third kappa shape index (κ3) is 3.47. The van der Waals surface area contributed by atoms with Gasteiger partial charge in [0.05, 0.1) is 36.0 Å². The number of sulfone groups is 1. The van der Waals surface area contributed by atoms with Crippen LogP contribution in [0.4, 0.5) is 11.8 Å². The van der Waals surface area contributed by atoms with E-state index in [-0.39, 0.29) is 23.6 Å². The first-order valence-corrected chi connectivity index (χ1v) is 10.3. The Hall–Kier alpha value is -2.33. The van der Waals surface area contributed by atoms with Gasteiger partial charge in [0.15, 0.2) is 9.84 Å². The molecule has 0 unspecified atom stereocenters. The third-order valence-corrected chi connectivity index (χ3v) is 6.48. The SMILES string of the molecule is CN(Cc1cnccn1)c1nccc(N2CCN[C@H]3CS(=O)(=O)C[C@H]32)n1. The molecule has 1 N–H and O–H groups in total. The summed E-state index contributed by atoms with van der Waals surface area (Å²) in [6.45, 7) is 2.01. The largest absolute Gasteiger partial charge is 0.350 e. The van der Waals surface area contributed by atoms with Crippen molar-refractivity contribution >= 4 is 21.6 Å². The third-order valence-electron chi connectivity index (χ3n) is 4.76. The molecule has 2 fully saturated rings. The van der Waals surface area contributed by atoms with Gasteiger partial charge in [0.25, 0.3) is 0 Å². The van der Waals surface area contributed by atoms with Gasteiger partial charge in [0, 0.05) is 44.8 Å². The first-order valence-electron chi connectivity index (χ1n) is 8.51. The van der Waals surface area contributed by atoms with Gasteiger partial charge < -0.3 is 15.1 Å². The quantitative estimate of drug-likeness (QED) is 0.756. The lowest BCUT2D eigenvalue weighted by molar-refractivity contribution is 0.422. The Bertz CT molecular complexity index is 877. The molecule has 0 aromatic carbocycles. The van der Waals surface area contributed by atoms with E-state index in [2.05, 4.69) is 30.2 Å². The van der Waals surface area contributed by atoms with E-state index in [4.69, 9.17) is 0 Å². The van der Waals surface area contributed by atoms with Gasteiger partial charge in [-0.2, -0.15) is 4.98 Å². The molecule has 2 aromatic heterocycles. The summed E-state index contributed by atoms with van der Waals surface area (Å²) < 4.78 is 24.1. The maximum Gasteiger partial charge on any atom is 0.227 e. The first-order chi connectivity index (χ1) is 12.5.